The minimum absolute atomic E-state index is 0.0220. The number of likely N-dealkylation sites (tertiary alicyclic amines) is 1. The third kappa shape index (κ3) is 3.69. The van der Waals surface area contributed by atoms with E-state index >= 15 is 0 Å². The van der Waals surface area contributed by atoms with Crippen LogP contribution >= 0.6 is 11.3 Å². The van der Waals surface area contributed by atoms with Crippen LogP contribution in [0.4, 0.5) is 5.82 Å². The zero-order valence-corrected chi connectivity index (χ0v) is 13.5. The summed E-state index contributed by atoms with van der Waals surface area (Å²) < 4.78 is 0. The first-order valence-corrected chi connectivity index (χ1v) is 8.48. The first-order chi connectivity index (χ1) is 10.7. The molecule has 3 rings (SSSR count). The highest BCUT2D eigenvalue weighted by Crippen LogP contribution is 2.20. The number of hydrogen-bond donors (Lipinski definition) is 1. The molecule has 1 unspecified atom stereocenters. The predicted octanol–water partition coefficient (Wildman–Crippen LogP) is 2.70. The van der Waals surface area contributed by atoms with Crippen molar-refractivity contribution < 1.29 is 4.79 Å². The Bertz CT molecular complexity index is 629. The summed E-state index contributed by atoms with van der Waals surface area (Å²) in [6.45, 7) is 4.60. The van der Waals surface area contributed by atoms with Crippen molar-refractivity contribution >= 4 is 23.1 Å². The van der Waals surface area contributed by atoms with Crippen LogP contribution < -0.4 is 5.32 Å². The highest BCUT2D eigenvalue weighted by atomic mass is 32.1. The van der Waals surface area contributed by atoms with Crippen molar-refractivity contribution in [3.63, 3.8) is 0 Å². The Labute approximate surface area is 134 Å². The third-order valence-corrected chi connectivity index (χ3v) is 4.63. The van der Waals surface area contributed by atoms with Gasteiger partial charge in [-0.25, -0.2) is 9.97 Å². The van der Waals surface area contributed by atoms with Gasteiger partial charge in [-0.15, -0.1) is 11.3 Å². The van der Waals surface area contributed by atoms with Gasteiger partial charge in [0.1, 0.15) is 5.82 Å². The number of nitrogens with one attached hydrogen (secondary N) is 1. The summed E-state index contributed by atoms with van der Waals surface area (Å²) in [7, 11) is 0. The summed E-state index contributed by atoms with van der Waals surface area (Å²) >= 11 is 1.61. The summed E-state index contributed by atoms with van der Waals surface area (Å²) in [6.07, 6.45) is 3.69. The molecule has 3 heterocycles. The van der Waals surface area contributed by atoms with Crippen molar-refractivity contribution in [1.29, 1.82) is 0 Å². The van der Waals surface area contributed by atoms with E-state index in [-0.39, 0.29) is 11.8 Å². The van der Waals surface area contributed by atoms with E-state index in [1.807, 2.05) is 24.6 Å². The molecular weight excluding hydrogens is 296 g/mol. The molecule has 5 nitrogen and oxygen atoms in total. The second kappa shape index (κ2) is 6.98. The van der Waals surface area contributed by atoms with E-state index in [0.717, 1.165) is 43.7 Å². The maximum atomic E-state index is 12.5. The van der Waals surface area contributed by atoms with E-state index in [9.17, 15) is 4.79 Å². The molecule has 0 saturated carbocycles. The fourth-order valence-corrected chi connectivity index (χ4v) is 3.34. The lowest BCUT2D eigenvalue weighted by Gasteiger charge is -2.31. The summed E-state index contributed by atoms with van der Waals surface area (Å²) in [5, 5.41) is 5.04. The number of aryl methyl sites for hydroxylation is 1. The molecule has 1 fully saturated rings. The number of pyridine rings is 1. The monoisotopic (exact) mass is 316 g/mol. The van der Waals surface area contributed by atoms with Gasteiger partial charge in [0.15, 0.2) is 0 Å². The van der Waals surface area contributed by atoms with Crippen molar-refractivity contribution in [1.82, 2.24) is 14.9 Å². The Balaban J connectivity index is 1.59. The molecular formula is C16H20N4OS. The number of aromatic nitrogens is 2. The quantitative estimate of drug-likeness (QED) is 0.942. The van der Waals surface area contributed by atoms with Gasteiger partial charge in [-0.05, 0) is 37.9 Å². The van der Waals surface area contributed by atoms with Gasteiger partial charge < -0.3 is 5.32 Å². The average molecular weight is 316 g/mol. The van der Waals surface area contributed by atoms with Crippen LogP contribution in [0.3, 0.4) is 0 Å². The molecule has 1 saturated heterocycles. The van der Waals surface area contributed by atoms with Gasteiger partial charge in [-0.1, -0.05) is 6.07 Å². The molecule has 0 aliphatic carbocycles. The molecule has 1 aliphatic heterocycles. The van der Waals surface area contributed by atoms with Crippen LogP contribution in [0, 0.1) is 12.8 Å². The summed E-state index contributed by atoms with van der Waals surface area (Å²) in [4.78, 5) is 23.4. The Kier molecular flexibility index (Phi) is 4.80. The van der Waals surface area contributed by atoms with Gasteiger partial charge in [0, 0.05) is 24.7 Å². The van der Waals surface area contributed by atoms with Gasteiger partial charge in [-0.2, -0.15) is 0 Å². The molecule has 0 bridgehead atoms. The lowest BCUT2D eigenvalue weighted by Crippen LogP contribution is -2.40. The topological polar surface area (TPSA) is 58.1 Å². The predicted molar refractivity (Wildman–Crippen MR) is 87.7 cm³/mol. The van der Waals surface area contributed by atoms with E-state index in [1.54, 1.807) is 17.5 Å². The second-order valence-corrected chi connectivity index (χ2v) is 6.43. The normalized spacial score (nSPS) is 19.0. The first-order valence-electron chi connectivity index (χ1n) is 7.54. The molecule has 1 N–H and O–H groups in total. The molecule has 0 radical (unpaired) electrons. The highest BCUT2D eigenvalue weighted by molar-refractivity contribution is 7.07. The van der Waals surface area contributed by atoms with Crippen LogP contribution in [-0.2, 0) is 11.3 Å². The van der Waals surface area contributed by atoms with Crippen molar-refractivity contribution in [2.75, 3.05) is 18.4 Å². The number of thiazole rings is 1. The van der Waals surface area contributed by atoms with Gasteiger partial charge in [0.05, 0.1) is 17.1 Å². The third-order valence-electron chi connectivity index (χ3n) is 4.00. The number of hydrogen-bond acceptors (Lipinski definition) is 5. The van der Waals surface area contributed by atoms with Crippen LogP contribution in [0.5, 0.6) is 0 Å². The number of piperidine rings is 1. The molecule has 0 aromatic carbocycles. The number of amides is 1. The van der Waals surface area contributed by atoms with Gasteiger partial charge in [0.2, 0.25) is 5.91 Å². The van der Waals surface area contributed by atoms with Crippen molar-refractivity contribution in [3.05, 3.63) is 40.5 Å². The summed E-state index contributed by atoms with van der Waals surface area (Å²) in [6, 6.07) is 3.83. The molecule has 0 spiro atoms. The Morgan fingerprint density at radius 1 is 1.50 bits per heavy atom. The zero-order chi connectivity index (χ0) is 15.4. The molecule has 1 atom stereocenters. The van der Waals surface area contributed by atoms with Crippen LogP contribution in [0.25, 0.3) is 0 Å². The molecule has 2 aromatic heterocycles. The van der Waals surface area contributed by atoms with Crippen molar-refractivity contribution in [2.24, 2.45) is 5.92 Å². The fourth-order valence-electron chi connectivity index (χ4n) is 2.79. The van der Waals surface area contributed by atoms with Crippen LogP contribution in [0.1, 0.15) is 24.1 Å². The van der Waals surface area contributed by atoms with E-state index < -0.39 is 0 Å². The molecule has 1 amide bonds. The Morgan fingerprint density at radius 3 is 3.18 bits per heavy atom. The largest absolute Gasteiger partial charge is 0.310 e. The average Bonchev–Trinajstić information content (AvgIpc) is 3.03. The SMILES string of the molecule is Cc1cccnc1NC(=O)C1CCCN(Cc2cscn2)C1. The molecule has 2 aromatic rings. The number of nitrogens with zero attached hydrogens (tertiary/aromatic N) is 3. The first kappa shape index (κ1) is 15.1. The smallest absolute Gasteiger partial charge is 0.229 e. The number of rotatable bonds is 4. The highest BCUT2D eigenvalue weighted by Gasteiger charge is 2.26. The zero-order valence-electron chi connectivity index (χ0n) is 12.7. The van der Waals surface area contributed by atoms with Gasteiger partial charge in [-0.3, -0.25) is 9.69 Å². The maximum absolute atomic E-state index is 12.5. The van der Waals surface area contributed by atoms with Crippen molar-refractivity contribution in [3.8, 4) is 0 Å². The van der Waals surface area contributed by atoms with E-state index in [1.165, 1.54) is 0 Å². The molecule has 6 heteroatoms. The number of carbonyl (C=O) groups excluding carboxylic acids is 1. The lowest BCUT2D eigenvalue weighted by molar-refractivity contribution is -0.121. The fraction of sp³-hybridized carbons (Fsp3) is 0.438. The standard InChI is InChI=1S/C16H20N4OS/c1-12-4-2-6-17-15(12)19-16(21)13-5-3-7-20(8-13)9-14-10-22-11-18-14/h2,4,6,10-11,13H,3,5,7-9H2,1H3,(H,17,19,21). The number of anilines is 1. The Hall–Kier alpha value is -1.79. The molecule has 116 valence electrons. The minimum Gasteiger partial charge on any atom is -0.310 e. The molecule has 1 aliphatic rings. The number of carbonyl (C=O) groups is 1. The van der Waals surface area contributed by atoms with Crippen molar-refractivity contribution in [2.45, 2.75) is 26.3 Å². The minimum atomic E-state index is 0.0220. The summed E-state index contributed by atoms with van der Waals surface area (Å²) in [5.74, 6) is 0.766. The van der Waals surface area contributed by atoms with E-state index in [0.29, 0.717) is 5.82 Å². The molecule has 22 heavy (non-hydrogen) atoms. The van der Waals surface area contributed by atoms with Crippen LogP contribution in [0.2, 0.25) is 0 Å². The van der Waals surface area contributed by atoms with E-state index in [4.69, 9.17) is 0 Å². The van der Waals surface area contributed by atoms with Gasteiger partial charge in [0.25, 0.3) is 0 Å². The lowest BCUT2D eigenvalue weighted by atomic mass is 9.97. The summed E-state index contributed by atoms with van der Waals surface area (Å²) in [5.41, 5.74) is 3.94. The maximum Gasteiger partial charge on any atom is 0.229 e. The second-order valence-electron chi connectivity index (χ2n) is 5.71. The van der Waals surface area contributed by atoms with Gasteiger partial charge >= 0.3 is 0 Å². The Morgan fingerprint density at radius 2 is 2.41 bits per heavy atom. The van der Waals surface area contributed by atoms with E-state index in [2.05, 4.69) is 25.6 Å². The van der Waals surface area contributed by atoms with Crippen LogP contribution in [0.15, 0.2) is 29.2 Å². The van der Waals surface area contributed by atoms with Crippen LogP contribution in [-0.4, -0.2) is 33.9 Å².